The zero-order valence-electron chi connectivity index (χ0n) is 21.1. The molecule has 0 heterocycles. The zero-order chi connectivity index (χ0) is 25.2. The molecule has 0 fully saturated rings. The lowest BCUT2D eigenvalue weighted by Gasteiger charge is -2.36. The van der Waals surface area contributed by atoms with Gasteiger partial charge in [-0.3, -0.25) is 9.59 Å². The van der Waals surface area contributed by atoms with Crippen LogP contribution >= 0.6 is 0 Å². The standard InChI is InChI=1S/C24H41N3O5Si/c1-17(2)15-20(27-23(30)31-16-18-11-9-8-10-12-18)22(29)26-19(21(25)28)13-14-32-33(6,7)24(3,4)5/h8-12,17,19-20H,13-16H2,1-7H3,(H2,25,28)(H,26,29)(H,27,30)/t19-,20-/m0/s1. The number of hydrogen-bond donors (Lipinski definition) is 3. The Morgan fingerprint density at radius 2 is 1.64 bits per heavy atom. The molecule has 0 radical (unpaired) electrons. The number of benzene rings is 1. The highest BCUT2D eigenvalue weighted by molar-refractivity contribution is 6.74. The summed E-state index contributed by atoms with van der Waals surface area (Å²) in [4.78, 5) is 37.2. The van der Waals surface area contributed by atoms with Crippen LogP contribution in [0.2, 0.25) is 18.1 Å². The average molecular weight is 480 g/mol. The van der Waals surface area contributed by atoms with Gasteiger partial charge in [0.1, 0.15) is 18.7 Å². The normalized spacial score (nSPS) is 13.8. The number of carbonyl (C=O) groups excluding carboxylic acids is 3. The van der Waals surface area contributed by atoms with E-state index in [1.807, 2.05) is 44.2 Å². The van der Waals surface area contributed by atoms with Gasteiger partial charge in [-0.25, -0.2) is 4.79 Å². The Morgan fingerprint density at radius 3 is 2.15 bits per heavy atom. The van der Waals surface area contributed by atoms with Crippen molar-refractivity contribution < 1.29 is 23.5 Å². The van der Waals surface area contributed by atoms with Crippen molar-refractivity contribution in [1.82, 2.24) is 10.6 Å². The Kier molecular flexibility index (Phi) is 11.1. The van der Waals surface area contributed by atoms with Gasteiger partial charge < -0.3 is 25.5 Å². The van der Waals surface area contributed by atoms with E-state index in [-0.39, 0.29) is 24.0 Å². The first-order chi connectivity index (χ1) is 15.2. The largest absolute Gasteiger partial charge is 0.445 e. The van der Waals surface area contributed by atoms with E-state index in [1.165, 1.54) is 0 Å². The second kappa shape index (κ2) is 12.7. The first kappa shape index (κ1) is 28.6. The Balaban J connectivity index is 2.71. The lowest BCUT2D eigenvalue weighted by molar-refractivity contribution is -0.129. The molecule has 2 atom stereocenters. The van der Waals surface area contributed by atoms with Crippen LogP contribution in [0.3, 0.4) is 0 Å². The van der Waals surface area contributed by atoms with Crippen molar-refractivity contribution in [2.24, 2.45) is 11.7 Å². The van der Waals surface area contributed by atoms with E-state index in [0.29, 0.717) is 13.0 Å². The topological polar surface area (TPSA) is 120 Å². The molecule has 0 aliphatic rings. The number of ether oxygens (including phenoxy) is 1. The molecule has 0 unspecified atom stereocenters. The molecular formula is C24H41N3O5Si. The molecule has 0 aromatic heterocycles. The van der Waals surface area contributed by atoms with Crippen LogP contribution in [0.5, 0.6) is 0 Å². The molecule has 0 bridgehead atoms. The number of nitrogens with two attached hydrogens (primary N) is 1. The minimum absolute atomic E-state index is 0.0326. The fourth-order valence-electron chi connectivity index (χ4n) is 2.82. The SMILES string of the molecule is CC(C)C[C@H](NC(=O)OCc1ccccc1)C(=O)N[C@@H](CCO[Si](C)(C)C(C)(C)C)C(N)=O. The molecule has 9 heteroatoms. The van der Waals surface area contributed by atoms with Gasteiger partial charge in [0.05, 0.1) is 0 Å². The van der Waals surface area contributed by atoms with Gasteiger partial charge in [-0.1, -0.05) is 65.0 Å². The fourth-order valence-corrected chi connectivity index (χ4v) is 3.88. The van der Waals surface area contributed by atoms with Crippen LogP contribution in [0.4, 0.5) is 4.79 Å². The van der Waals surface area contributed by atoms with Crippen LogP contribution in [0.15, 0.2) is 30.3 Å². The zero-order valence-corrected chi connectivity index (χ0v) is 22.1. The van der Waals surface area contributed by atoms with Crippen LogP contribution in [-0.4, -0.2) is 44.9 Å². The molecule has 186 valence electrons. The Labute approximate surface area is 199 Å². The molecule has 1 rings (SSSR count). The second-order valence-electron chi connectivity index (χ2n) is 10.2. The third-order valence-corrected chi connectivity index (χ3v) is 10.4. The first-order valence-corrected chi connectivity index (χ1v) is 14.3. The van der Waals surface area contributed by atoms with Crippen LogP contribution in [0.1, 0.15) is 53.0 Å². The van der Waals surface area contributed by atoms with Gasteiger partial charge in [-0.05, 0) is 42.5 Å². The summed E-state index contributed by atoms with van der Waals surface area (Å²) in [5, 5.41) is 5.32. The molecule has 0 saturated heterocycles. The molecule has 8 nitrogen and oxygen atoms in total. The molecule has 1 aromatic carbocycles. The number of hydrogen-bond acceptors (Lipinski definition) is 5. The van der Waals surface area contributed by atoms with Gasteiger partial charge in [-0.15, -0.1) is 0 Å². The van der Waals surface area contributed by atoms with Crippen molar-refractivity contribution in [1.29, 1.82) is 0 Å². The number of alkyl carbamates (subject to hydrolysis) is 1. The van der Waals surface area contributed by atoms with Crippen molar-refractivity contribution in [3.8, 4) is 0 Å². The summed E-state index contributed by atoms with van der Waals surface area (Å²) in [6.45, 7) is 14.9. The molecule has 0 saturated carbocycles. The van der Waals surface area contributed by atoms with Gasteiger partial charge in [0.15, 0.2) is 8.32 Å². The third kappa shape index (κ3) is 10.4. The van der Waals surface area contributed by atoms with E-state index in [2.05, 4.69) is 44.5 Å². The Bertz CT molecular complexity index is 778. The number of nitrogens with one attached hydrogen (secondary N) is 2. The van der Waals surface area contributed by atoms with Crippen LogP contribution in [0.25, 0.3) is 0 Å². The monoisotopic (exact) mass is 479 g/mol. The van der Waals surface area contributed by atoms with E-state index >= 15 is 0 Å². The first-order valence-electron chi connectivity index (χ1n) is 11.4. The molecule has 33 heavy (non-hydrogen) atoms. The summed E-state index contributed by atoms with van der Waals surface area (Å²) in [6, 6.07) is 7.52. The quantitative estimate of drug-likeness (QED) is 0.395. The molecule has 3 amide bonds. The molecule has 0 spiro atoms. The molecule has 1 aromatic rings. The average Bonchev–Trinajstić information content (AvgIpc) is 2.70. The van der Waals surface area contributed by atoms with Gasteiger partial charge in [0, 0.05) is 6.61 Å². The van der Waals surface area contributed by atoms with E-state index in [4.69, 9.17) is 14.9 Å². The van der Waals surface area contributed by atoms with Crippen molar-refractivity contribution in [3.05, 3.63) is 35.9 Å². The maximum absolute atomic E-state index is 12.9. The number of rotatable bonds is 12. The van der Waals surface area contributed by atoms with Gasteiger partial charge in [-0.2, -0.15) is 0 Å². The molecular weight excluding hydrogens is 438 g/mol. The summed E-state index contributed by atoms with van der Waals surface area (Å²) in [5.41, 5.74) is 6.37. The van der Waals surface area contributed by atoms with Crippen LogP contribution < -0.4 is 16.4 Å². The maximum atomic E-state index is 12.9. The van der Waals surface area contributed by atoms with Crippen LogP contribution in [-0.2, 0) is 25.4 Å². The lowest BCUT2D eigenvalue weighted by Crippen LogP contribution is -2.54. The minimum Gasteiger partial charge on any atom is -0.445 e. The van der Waals surface area contributed by atoms with Gasteiger partial charge in [0.2, 0.25) is 11.8 Å². The van der Waals surface area contributed by atoms with Gasteiger partial charge in [0.25, 0.3) is 0 Å². The summed E-state index contributed by atoms with van der Waals surface area (Å²) in [6.07, 6.45) is -0.0462. The summed E-state index contributed by atoms with van der Waals surface area (Å²) in [5.74, 6) is -0.988. The maximum Gasteiger partial charge on any atom is 0.408 e. The highest BCUT2D eigenvalue weighted by Crippen LogP contribution is 2.36. The highest BCUT2D eigenvalue weighted by atomic mass is 28.4. The van der Waals surface area contributed by atoms with Crippen molar-refractivity contribution in [2.45, 2.75) is 84.3 Å². The summed E-state index contributed by atoms with van der Waals surface area (Å²) >= 11 is 0. The van der Waals surface area contributed by atoms with Crippen molar-refractivity contribution >= 4 is 26.2 Å². The molecule has 0 aliphatic carbocycles. The van der Waals surface area contributed by atoms with Gasteiger partial charge >= 0.3 is 6.09 Å². The van der Waals surface area contributed by atoms with E-state index in [0.717, 1.165) is 5.56 Å². The van der Waals surface area contributed by atoms with E-state index in [1.54, 1.807) is 0 Å². The number of primary amides is 1. The summed E-state index contributed by atoms with van der Waals surface area (Å²) < 4.78 is 11.3. The summed E-state index contributed by atoms with van der Waals surface area (Å²) in [7, 11) is -1.99. The van der Waals surface area contributed by atoms with Crippen LogP contribution in [0, 0.1) is 5.92 Å². The predicted molar refractivity (Wildman–Crippen MR) is 132 cm³/mol. The smallest absolute Gasteiger partial charge is 0.408 e. The van der Waals surface area contributed by atoms with E-state index < -0.39 is 38.3 Å². The van der Waals surface area contributed by atoms with E-state index in [9.17, 15) is 14.4 Å². The van der Waals surface area contributed by atoms with Crippen molar-refractivity contribution in [3.63, 3.8) is 0 Å². The molecule has 4 N–H and O–H groups in total. The number of amides is 3. The third-order valence-electron chi connectivity index (χ3n) is 5.86. The lowest BCUT2D eigenvalue weighted by atomic mass is 10.0. The van der Waals surface area contributed by atoms with Crippen molar-refractivity contribution in [2.75, 3.05) is 6.61 Å². The Morgan fingerprint density at radius 1 is 1.03 bits per heavy atom. The molecule has 0 aliphatic heterocycles. The number of carbonyl (C=O) groups is 3. The fraction of sp³-hybridized carbons (Fsp3) is 0.625. The second-order valence-corrected chi connectivity index (χ2v) is 15.1. The highest BCUT2D eigenvalue weighted by Gasteiger charge is 2.37. The minimum atomic E-state index is -1.99. The predicted octanol–water partition coefficient (Wildman–Crippen LogP) is 3.71. The Hall–Kier alpha value is -2.39.